The van der Waals surface area contributed by atoms with E-state index in [1.807, 2.05) is 19.9 Å². The van der Waals surface area contributed by atoms with E-state index in [1.165, 1.54) is 4.68 Å². The molecule has 0 aromatic carbocycles. The average molecular weight is 300 g/mol. The molecule has 1 atom stereocenters. The lowest BCUT2D eigenvalue weighted by Gasteiger charge is -2.10. The van der Waals surface area contributed by atoms with Gasteiger partial charge in [-0.2, -0.15) is 13.2 Å². The van der Waals surface area contributed by atoms with E-state index in [1.54, 1.807) is 12.3 Å². The van der Waals surface area contributed by atoms with Crippen molar-refractivity contribution in [1.29, 1.82) is 0 Å². The molecular formula is C13H15F3N4O. The smallest absolute Gasteiger partial charge is 0.378 e. The topological polar surface area (TPSA) is 63.8 Å². The van der Waals surface area contributed by atoms with Gasteiger partial charge in [0.25, 0.3) is 0 Å². The second-order valence-corrected chi connectivity index (χ2v) is 5.02. The highest BCUT2D eigenvalue weighted by atomic mass is 19.4. The van der Waals surface area contributed by atoms with Gasteiger partial charge >= 0.3 is 6.18 Å². The predicted octanol–water partition coefficient (Wildman–Crippen LogP) is 2.44. The Kier molecular flexibility index (Phi) is 4.26. The van der Waals surface area contributed by atoms with Crippen LogP contribution in [0.15, 0.2) is 24.5 Å². The molecule has 0 aliphatic rings. The minimum absolute atomic E-state index is 0.190. The number of rotatable bonds is 4. The fourth-order valence-electron chi connectivity index (χ4n) is 1.72. The Morgan fingerprint density at radius 2 is 2.00 bits per heavy atom. The van der Waals surface area contributed by atoms with Crippen molar-refractivity contribution >= 4 is 0 Å². The van der Waals surface area contributed by atoms with Crippen molar-refractivity contribution in [1.82, 2.24) is 20.0 Å². The van der Waals surface area contributed by atoms with Gasteiger partial charge in [-0.05, 0) is 17.5 Å². The summed E-state index contributed by atoms with van der Waals surface area (Å²) in [5.74, 6) is 0.353. The first-order chi connectivity index (χ1) is 9.77. The Labute approximate surface area is 119 Å². The van der Waals surface area contributed by atoms with E-state index in [2.05, 4.69) is 15.3 Å². The maximum absolute atomic E-state index is 12.4. The van der Waals surface area contributed by atoms with Crippen molar-refractivity contribution in [3.8, 4) is 0 Å². The van der Waals surface area contributed by atoms with Crippen LogP contribution in [0.3, 0.4) is 0 Å². The molecule has 2 aromatic rings. The van der Waals surface area contributed by atoms with E-state index in [4.69, 9.17) is 5.11 Å². The zero-order valence-electron chi connectivity index (χ0n) is 11.5. The molecule has 0 bridgehead atoms. The largest absolute Gasteiger partial charge is 0.420 e. The normalized spacial score (nSPS) is 13.7. The minimum Gasteiger partial charge on any atom is -0.378 e. The van der Waals surface area contributed by atoms with Gasteiger partial charge in [-0.1, -0.05) is 25.1 Å². The van der Waals surface area contributed by atoms with Crippen LogP contribution >= 0.6 is 0 Å². The second kappa shape index (κ2) is 5.80. The third-order valence-electron chi connectivity index (χ3n) is 2.98. The molecule has 2 aromatic heterocycles. The quantitative estimate of drug-likeness (QED) is 0.942. The van der Waals surface area contributed by atoms with Crippen LogP contribution in [0.25, 0.3) is 0 Å². The number of nitrogens with zero attached hydrogens (tertiary/aromatic N) is 4. The first-order valence-corrected chi connectivity index (χ1v) is 6.37. The maximum Gasteiger partial charge on any atom is 0.420 e. The van der Waals surface area contributed by atoms with Gasteiger partial charge in [-0.15, -0.1) is 5.10 Å². The SMILES string of the molecule is CC(C)c1ccc(Cn2cc(C(O)C(F)(F)F)nn2)nc1. The Balaban J connectivity index is 2.09. The lowest BCUT2D eigenvalue weighted by Crippen LogP contribution is -2.20. The van der Waals surface area contributed by atoms with Crippen LogP contribution in [-0.2, 0) is 6.54 Å². The standard InChI is InChI=1S/C13H15F3N4O/c1-8(2)9-3-4-10(17-5-9)6-20-7-11(18-19-20)12(21)13(14,15)16/h3-5,7-8,12,21H,6H2,1-2H3. The number of hydrogen-bond acceptors (Lipinski definition) is 4. The highest BCUT2D eigenvalue weighted by Gasteiger charge is 2.41. The molecule has 5 nitrogen and oxygen atoms in total. The molecular weight excluding hydrogens is 285 g/mol. The molecule has 21 heavy (non-hydrogen) atoms. The minimum atomic E-state index is -4.75. The van der Waals surface area contributed by atoms with E-state index in [-0.39, 0.29) is 6.54 Å². The van der Waals surface area contributed by atoms with Crippen LogP contribution in [0.1, 0.15) is 42.8 Å². The molecule has 114 valence electrons. The van der Waals surface area contributed by atoms with Gasteiger partial charge in [0.1, 0.15) is 5.69 Å². The molecule has 0 amide bonds. The van der Waals surface area contributed by atoms with E-state index >= 15 is 0 Å². The van der Waals surface area contributed by atoms with Crippen LogP contribution in [-0.4, -0.2) is 31.3 Å². The number of aromatic nitrogens is 4. The molecule has 0 aliphatic carbocycles. The van der Waals surface area contributed by atoms with Gasteiger partial charge in [0, 0.05) is 6.20 Å². The van der Waals surface area contributed by atoms with Gasteiger partial charge in [-0.25, -0.2) is 4.68 Å². The van der Waals surface area contributed by atoms with Crippen LogP contribution in [0.5, 0.6) is 0 Å². The summed E-state index contributed by atoms with van der Waals surface area (Å²) in [5.41, 5.74) is 1.20. The number of hydrogen-bond donors (Lipinski definition) is 1. The Hall–Kier alpha value is -1.96. The van der Waals surface area contributed by atoms with Crippen molar-refractivity contribution in [3.05, 3.63) is 41.5 Å². The summed E-state index contributed by atoms with van der Waals surface area (Å²) in [6, 6.07) is 3.70. The van der Waals surface area contributed by atoms with Gasteiger partial charge in [-0.3, -0.25) is 4.98 Å². The Bertz CT molecular complexity index is 592. The van der Waals surface area contributed by atoms with Gasteiger partial charge < -0.3 is 5.11 Å². The highest BCUT2D eigenvalue weighted by Crippen LogP contribution is 2.30. The molecule has 0 saturated heterocycles. The Morgan fingerprint density at radius 1 is 1.29 bits per heavy atom. The Morgan fingerprint density at radius 3 is 2.52 bits per heavy atom. The van der Waals surface area contributed by atoms with Gasteiger partial charge in [0.05, 0.1) is 18.4 Å². The predicted molar refractivity (Wildman–Crippen MR) is 68.5 cm³/mol. The first-order valence-electron chi connectivity index (χ1n) is 6.37. The van der Waals surface area contributed by atoms with E-state index in [9.17, 15) is 13.2 Å². The first kappa shape index (κ1) is 15.4. The van der Waals surface area contributed by atoms with E-state index in [0.29, 0.717) is 11.6 Å². The summed E-state index contributed by atoms with van der Waals surface area (Å²) in [5, 5.41) is 16.0. The van der Waals surface area contributed by atoms with Crippen molar-refractivity contribution in [2.75, 3.05) is 0 Å². The van der Waals surface area contributed by atoms with Crippen molar-refractivity contribution in [2.45, 2.75) is 38.6 Å². The molecule has 0 radical (unpaired) electrons. The summed E-state index contributed by atoms with van der Waals surface area (Å²) in [6.45, 7) is 4.27. The van der Waals surface area contributed by atoms with E-state index < -0.39 is 18.0 Å². The number of aliphatic hydroxyl groups excluding tert-OH is 1. The van der Waals surface area contributed by atoms with Crippen molar-refractivity contribution in [3.63, 3.8) is 0 Å². The zero-order valence-corrected chi connectivity index (χ0v) is 11.5. The molecule has 8 heteroatoms. The van der Waals surface area contributed by atoms with Gasteiger partial charge in [0.15, 0.2) is 6.10 Å². The van der Waals surface area contributed by atoms with Crippen LogP contribution < -0.4 is 0 Å². The monoisotopic (exact) mass is 300 g/mol. The maximum atomic E-state index is 12.4. The third kappa shape index (κ3) is 3.78. The average Bonchev–Trinajstić information content (AvgIpc) is 2.85. The molecule has 2 rings (SSSR count). The molecule has 0 aliphatic heterocycles. The van der Waals surface area contributed by atoms with Crippen LogP contribution in [0.4, 0.5) is 13.2 Å². The highest BCUT2D eigenvalue weighted by molar-refractivity contribution is 5.17. The molecule has 1 unspecified atom stereocenters. The molecule has 2 heterocycles. The van der Waals surface area contributed by atoms with E-state index in [0.717, 1.165) is 11.8 Å². The molecule has 0 spiro atoms. The molecule has 1 N–H and O–H groups in total. The fourth-order valence-corrected chi connectivity index (χ4v) is 1.72. The number of aliphatic hydroxyl groups is 1. The third-order valence-corrected chi connectivity index (χ3v) is 2.98. The van der Waals surface area contributed by atoms with Crippen LogP contribution in [0, 0.1) is 0 Å². The summed E-state index contributed by atoms with van der Waals surface area (Å²) in [6.07, 6.45) is -4.58. The second-order valence-electron chi connectivity index (χ2n) is 5.02. The lowest BCUT2D eigenvalue weighted by molar-refractivity contribution is -0.208. The fraction of sp³-hybridized carbons (Fsp3) is 0.462. The zero-order chi connectivity index (χ0) is 15.6. The number of alkyl halides is 3. The molecule has 0 saturated carbocycles. The summed E-state index contributed by atoms with van der Waals surface area (Å²) in [4.78, 5) is 4.22. The van der Waals surface area contributed by atoms with Crippen molar-refractivity contribution in [2.24, 2.45) is 0 Å². The number of halogens is 3. The number of pyridine rings is 1. The van der Waals surface area contributed by atoms with Crippen molar-refractivity contribution < 1.29 is 18.3 Å². The van der Waals surface area contributed by atoms with Gasteiger partial charge in [0.2, 0.25) is 0 Å². The summed E-state index contributed by atoms with van der Waals surface area (Å²) >= 11 is 0. The van der Waals surface area contributed by atoms with Crippen LogP contribution in [0.2, 0.25) is 0 Å². The lowest BCUT2D eigenvalue weighted by atomic mass is 10.1. The summed E-state index contributed by atoms with van der Waals surface area (Å²) < 4.78 is 38.3. The molecule has 0 fully saturated rings. The summed E-state index contributed by atoms with van der Waals surface area (Å²) in [7, 11) is 0.